The van der Waals surface area contributed by atoms with Crippen molar-refractivity contribution in [2.75, 3.05) is 5.73 Å². The monoisotopic (exact) mass is 439 g/mol. The molecular weight excluding hydrogens is 418 g/mol. The van der Waals surface area contributed by atoms with E-state index in [1.165, 1.54) is 12.4 Å². The van der Waals surface area contributed by atoms with Crippen LogP contribution in [0.5, 0.6) is 0 Å². The Kier molecular flexibility index (Phi) is 10.2. The van der Waals surface area contributed by atoms with Crippen molar-refractivity contribution in [3.8, 4) is 6.07 Å². The maximum Gasteiger partial charge on any atom is 0.307 e. The molecule has 3 aromatic rings. The molecule has 1 aromatic heterocycles. The number of benzene rings is 2. The molecular formula is C22H22ClN5O3. The normalized spacial score (nSPS) is 9.29. The zero-order chi connectivity index (χ0) is 21.9. The molecule has 160 valence electrons. The van der Waals surface area contributed by atoms with Crippen molar-refractivity contribution in [1.29, 1.82) is 5.26 Å². The van der Waals surface area contributed by atoms with Gasteiger partial charge in [0.2, 0.25) is 0 Å². The first-order valence-corrected chi connectivity index (χ1v) is 8.99. The molecule has 0 aliphatic carbocycles. The van der Waals surface area contributed by atoms with Gasteiger partial charge in [-0.05, 0) is 30.2 Å². The van der Waals surface area contributed by atoms with Crippen molar-refractivity contribution >= 4 is 30.1 Å². The lowest BCUT2D eigenvalue weighted by Gasteiger charge is -2.05. The molecule has 0 saturated carbocycles. The number of halogens is 1. The minimum atomic E-state index is -0.782. The highest BCUT2D eigenvalue weighted by molar-refractivity contribution is 5.92. The third kappa shape index (κ3) is 8.94. The molecule has 3 rings (SSSR count). The van der Waals surface area contributed by atoms with Crippen LogP contribution in [-0.4, -0.2) is 27.0 Å². The third-order valence-corrected chi connectivity index (χ3v) is 3.89. The van der Waals surface area contributed by atoms with E-state index in [2.05, 4.69) is 15.3 Å². The van der Waals surface area contributed by atoms with Gasteiger partial charge in [-0.1, -0.05) is 42.0 Å². The number of rotatable bonds is 5. The molecule has 1 amide bonds. The van der Waals surface area contributed by atoms with Crippen LogP contribution >= 0.6 is 12.4 Å². The first-order chi connectivity index (χ1) is 14.4. The highest BCUT2D eigenvalue weighted by Gasteiger charge is 2.07. The van der Waals surface area contributed by atoms with Crippen molar-refractivity contribution in [2.24, 2.45) is 0 Å². The number of aliphatic carboxylic acids is 1. The second-order valence-corrected chi connectivity index (χ2v) is 6.38. The van der Waals surface area contributed by atoms with E-state index in [1.807, 2.05) is 37.3 Å². The number of aromatic nitrogens is 2. The number of carboxylic acids is 1. The van der Waals surface area contributed by atoms with Gasteiger partial charge >= 0.3 is 5.97 Å². The van der Waals surface area contributed by atoms with Gasteiger partial charge in [-0.3, -0.25) is 9.59 Å². The van der Waals surface area contributed by atoms with Gasteiger partial charge in [0, 0.05) is 12.6 Å². The molecule has 2 aromatic carbocycles. The number of nitrogen functional groups attached to an aromatic ring is 1. The fourth-order valence-electron chi connectivity index (χ4n) is 2.46. The molecule has 8 nitrogen and oxygen atoms in total. The summed E-state index contributed by atoms with van der Waals surface area (Å²) in [7, 11) is 0. The van der Waals surface area contributed by atoms with Gasteiger partial charge in [0.1, 0.15) is 17.8 Å². The van der Waals surface area contributed by atoms with E-state index in [1.54, 1.807) is 24.3 Å². The Morgan fingerprint density at radius 2 is 1.81 bits per heavy atom. The first-order valence-electron chi connectivity index (χ1n) is 8.99. The molecule has 0 fully saturated rings. The summed E-state index contributed by atoms with van der Waals surface area (Å²) < 4.78 is 0. The van der Waals surface area contributed by atoms with Gasteiger partial charge < -0.3 is 16.2 Å². The summed E-state index contributed by atoms with van der Waals surface area (Å²) in [5.74, 6) is -0.854. The molecule has 0 radical (unpaired) electrons. The Bertz CT molecular complexity index is 1070. The minimum absolute atomic E-state index is 0. The molecule has 0 aliphatic rings. The van der Waals surface area contributed by atoms with E-state index in [0.717, 1.165) is 16.7 Å². The zero-order valence-corrected chi connectivity index (χ0v) is 17.6. The number of anilines is 1. The van der Waals surface area contributed by atoms with Gasteiger partial charge in [-0.15, -0.1) is 12.4 Å². The lowest BCUT2D eigenvalue weighted by Crippen LogP contribution is -2.24. The standard InChI is InChI=1S/C13H11N5O.C9H10O2.ClH/c14-6-9-1-3-10(4-2-9)7-16-13(19)11-5-12(15)18-8-17-11;1-7-3-2-4-8(5-7)6-9(10)11;/h1-5,8H,7H2,(H,16,19)(H2,15,17,18);2-5H,6H2,1H3,(H,10,11);1H. The fourth-order valence-corrected chi connectivity index (χ4v) is 2.46. The smallest absolute Gasteiger partial charge is 0.307 e. The quantitative estimate of drug-likeness (QED) is 0.554. The number of aryl methyl sites for hydroxylation is 1. The van der Waals surface area contributed by atoms with Crippen molar-refractivity contribution in [3.05, 3.63) is 88.9 Å². The highest BCUT2D eigenvalue weighted by Crippen LogP contribution is 2.05. The second-order valence-electron chi connectivity index (χ2n) is 6.38. The van der Waals surface area contributed by atoms with Crippen LogP contribution in [0.1, 0.15) is 32.7 Å². The summed E-state index contributed by atoms with van der Waals surface area (Å²) >= 11 is 0. The topological polar surface area (TPSA) is 142 Å². The van der Waals surface area contributed by atoms with Crippen LogP contribution in [0.2, 0.25) is 0 Å². The molecule has 0 aliphatic heterocycles. The number of hydrogen-bond acceptors (Lipinski definition) is 6. The van der Waals surface area contributed by atoms with Crippen LogP contribution in [0.25, 0.3) is 0 Å². The van der Waals surface area contributed by atoms with E-state index >= 15 is 0 Å². The lowest BCUT2D eigenvalue weighted by molar-refractivity contribution is -0.136. The zero-order valence-electron chi connectivity index (χ0n) is 16.8. The highest BCUT2D eigenvalue weighted by atomic mass is 35.5. The van der Waals surface area contributed by atoms with Crippen LogP contribution in [0.15, 0.2) is 60.9 Å². The summed E-state index contributed by atoms with van der Waals surface area (Å²) in [5, 5.41) is 19.8. The number of hydrogen-bond donors (Lipinski definition) is 3. The average molecular weight is 440 g/mol. The van der Waals surface area contributed by atoms with Crippen molar-refractivity contribution < 1.29 is 14.7 Å². The number of carbonyl (C=O) groups excluding carboxylic acids is 1. The summed E-state index contributed by atoms with van der Waals surface area (Å²) in [6.45, 7) is 2.31. The number of nitrogens with zero attached hydrogens (tertiary/aromatic N) is 3. The fraction of sp³-hybridized carbons (Fsp3) is 0.136. The van der Waals surface area contributed by atoms with E-state index in [0.29, 0.717) is 12.1 Å². The summed E-state index contributed by atoms with van der Waals surface area (Å²) in [4.78, 5) is 29.6. The predicted octanol–water partition coefficient (Wildman–Crippen LogP) is 2.90. The van der Waals surface area contributed by atoms with E-state index < -0.39 is 5.97 Å². The molecule has 0 bridgehead atoms. The Morgan fingerprint density at radius 1 is 1.10 bits per heavy atom. The Balaban J connectivity index is 0.000000344. The van der Waals surface area contributed by atoms with Gasteiger partial charge in [0.25, 0.3) is 5.91 Å². The van der Waals surface area contributed by atoms with Gasteiger partial charge in [0.05, 0.1) is 18.1 Å². The van der Waals surface area contributed by atoms with Crippen molar-refractivity contribution in [2.45, 2.75) is 19.9 Å². The van der Waals surface area contributed by atoms with Crippen molar-refractivity contribution in [3.63, 3.8) is 0 Å². The molecule has 0 spiro atoms. The maximum atomic E-state index is 11.8. The SMILES string of the molecule is Cc1cccc(CC(=O)O)c1.Cl.N#Cc1ccc(CNC(=O)c2cc(N)ncn2)cc1. The minimum Gasteiger partial charge on any atom is -0.481 e. The predicted molar refractivity (Wildman–Crippen MR) is 119 cm³/mol. The number of nitrogens with two attached hydrogens (primary N) is 1. The third-order valence-electron chi connectivity index (χ3n) is 3.89. The van der Waals surface area contributed by atoms with Gasteiger partial charge in [0.15, 0.2) is 0 Å². The van der Waals surface area contributed by atoms with E-state index in [9.17, 15) is 9.59 Å². The van der Waals surface area contributed by atoms with Gasteiger partial charge in [-0.2, -0.15) is 5.26 Å². The molecule has 0 atom stereocenters. The Morgan fingerprint density at radius 3 is 2.39 bits per heavy atom. The van der Waals surface area contributed by atoms with Crippen LogP contribution < -0.4 is 11.1 Å². The lowest BCUT2D eigenvalue weighted by atomic mass is 10.1. The average Bonchev–Trinajstić information content (AvgIpc) is 2.72. The largest absolute Gasteiger partial charge is 0.481 e. The number of amides is 1. The van der Waals surface area contributed by atoms with Gasteiger partial charge in [-0.25, -0.2) is 9.97 Å². The molecule has 0 saturated heterocycles. The molecule has 31 heavy (non-hydrogen) atoms. The summed E-state index contributed by atoms with van der Waals surface area (Å²) in [6, 6.07) is 17.9. The van der Waals surface area contributed by atoms with E-state index in [-0.39, 0.29) is 36.2 Å². The van der Waals surface area contributed by atoms with Crippen LogP contribution in [0.4, 0.5) is 5.82 Å². The number of nitrogens with one attached hydrogen (secondary N) is 1. The van der Waals surface area contributed by atoms with Crippen LogP contribution in [0, 0.1) is 18.3 Å². The number of carbonyl (C=O) groups is 2. The van der Waals surface area contributed by atoms with Crippen LogP contribution in [-0.2, 0) is 17.8 Å². The number of nitriles is 1. The first kappa shape index (κ1) is 25.1. The Hall–Kier alpha value is -3.96. The molecule has 9 heteroatoms. The van der Waals surface area contributed by atoms with Crippen LogP contribution in [0.3, 0.4) is 0 Å². The summed E-state index contributed by atoms with van der Waals surface area (Å²) in [6.07, 6.45) is 1.35. The maximum absolute atomic E-state index is 11.8. The van der Waals surface area contributed by atoms with Crippen molar-refractivity contribution in [1.82, 2.24) is 15.3 Å². The molecule has 1 heterocycles. The Labute approximate surface area is 186 Å². The second kappa shape index (κ2) is 12.6. The molecule has 4 N–H and O–H groups in total. The number of carboxylic acid groups (broad SMARTS) is 1. The van der Waals surface area contributed by atoms with E-state index in [4.69, 9.17) is 16.1 Å². The molecule has 0 unspecified atom stereocenters. The summed E-state index contributed by atoms with van der Waals surface area (Å²) in [5.41, 5.74) is 9.14.